The van der Waals surface area contributed by atoms with Crippen LogP contribution in [0.15, 0.2) is 12.1 Å². The molecule has 19 heavy (non-hydrogen) atoms. The Morgan fingerprint density at radius 3 is 2.47 bits per heavy atom. The molecule has 0 aliphatic heterocycles. The van der Waals surface area contributed by atoms with Crippen LogP contribution in [-0.2, 0) is 20.2 Å². The zero-order chi connectivity index (χ0) is 13.8. The van der Waals surface area contributed by atoms with Crippen molar-refractivity contribution in [3.63, 3.8) is 0 Å². The van der Waals surface area contributed by atoms with Gasteiger partial charge in [-0.05, 0) is 42.8 Å². The van der Waals surface area contributed by atoms with Crippen molar-refractivity contribution in [1.29, 1.82) is 0 Å². The Morgan fingerprint density at radius 1 is 1.26 bits per heavy atom. The van der Waals surface area contributed by atoms with Gasteiger partial charge in [-0.15, -0.1) is 10.2 Å². The third-order valence-electron chi connectivity index (χ3n) is 2.80. The molecule has 0 spiro atoms. The SMILES string of the molecule is CNCc1cc(C)c(OCc2nnn(C)n2)c(C)c1. The summed E-state index contributed by atoms with van der Waals surface area (Å²) >= 11 is 0. The van der Waals surface area contributed by atoms with Crippen molar-refractivity contribution in [2.24, 2.45) is 7.05 Å². The van der Waals surface area contributed by atoms with Crippen LogP contribution in [-0.4, -0.2) is 27.3 Å². The fourth-order valence-corrected chi connectivity index (χ4v) is 2.09. The summed E-state index contributed by atoms with van der Waals surface area (Å²) in [7, 11) is 3.67. The van der Waals surface area contributed by atoms with Crippen molar-refractivity contribution in [3.05, 3.63) is 34.6 Å². The van der Waals surface area contributed by atoms with Crippen LogP contribution in [0.2, 0.25) is 0 Å². The molecular weight excluding hydrogens is 242 g/mol. The zero-order valence-corrected chi connectivity index (χ0v) is 11.8. The van der Waals surface area contributed by atoms with Gasteiger partial charge in [0.25, 0.3) is 0 Å². The van der Waals surface area contributed by atoms with E-state index in [0.717, 1.165) is 23.4 Å². The molecule has 0 unspecified atom stereocenters. The average molecular weight is 261 g/mol. The van der Waals surface area contributed by atoms with E-state index in [2.05, 4.69) is 32.9 Å². The van der Waals surface area contributed by atoms with Gasteiger partial charge < -0.3 is 10.1 Å². The molecule has 102 valence electrons. The van der Waals surface area contributed by atoms with E-state index in [4.69, 9.17) is 4.74 Å². The molecule has 0 amide bonds. The first-order chi connectivity index (χ1) is 9.10. The van der Waals surface area contributed by atoms with Crippen LogP contribution in [0.3, 0.4) is 0 Å². The van der Waals surface area contributed by atoms with Crippen LogP contribution in [0.4, 0.5) is 0 Å². The van der Waals surface area contributed by atoms with Gasteiger partial charge in [-0.1, -0.05) is 12.1 Å². The first-order valence-corrected chi connectivity index (χ1v) is 6.20. The van der Waals surface area contributed by atoms with Crippen molar-refractivity contribution in [3.8, 4) is 5.75 Å². The predicted molar refractivity (Wildman–Crippen MR) is 71.8 cm³/mol. The average Bonchev–Trinajstić information content (AvgIpc) is 2.74. The molecule has 6 nitrogen and oxygen atoms in total. The van der Waals surface area contributed by atoms with E-state index in [1.165, 1.54) is 10.4 Å². The van der Waals surface area contributed by atoms with Gasteiger partial charge in [-0.3, -0.25) is 0 Å². The first-order valence-electron chi connectivity index (χ1n) is 6.20. The summed E-state index contributed by atoms with van der Waals surface area (Å²) in [4.78, 5) is 1.43. The summed E-state index contributed by atoms with van der Waals surface area (Å²) in [5.74, 6) is 1.48. The van der Waals surface area contributed by atoms with Gasteiger partial charge in [0, 0.05) is 6.54 Å². The van der Waals surface area contributed by atoms with Crippen molar-refractivity contribution >= 4 is 0 Å². The molecule has 0 aliphatic rings. The maximum absolute atomic E-state index is 5.80. The number of aromatic nitrogens is 4. The summed E-state index contributed by atoms with van der Waals surface area (Å²) in [6.45, 7) is 5.28. The lowest BCUT2D eigenvalue weighted by molar-refractivity contribution is 0.291. The summed E-state index contributed by atoms with van der Waals surface area (Å²) in [6, 6.07) is 4.26. The van der Waals surface area contributed by atoms with Crippen molar-refractivity contribution in [1.82, 2.24) is 25.5 Å². The second kappa shape index (κ2) is 5.79. The fourth-order valence-electron chi connectivity index (χ4n) is 2.09. The number of rotatable bonds is 5. The van der Waals surface area contributed by atoms with Gasteiger partial charge >= 0.3 is 0 Å². The van der Waals surface area contributed by atoms with Gasteiger partial charge in [0.2, 0.25) is 5.82 Å². The Bertz CT molecular complexity index is 541. The molecular formula is C13H19N5O. The number of benzene rings is 1. The summed E-state index contributed by atoms with van der Waals surface area (Å²) in [5, 5.41) is 14.9. The topological polar surface area (TPSA) is 64.9 Å². The number of nitrogens with one attached hydrogen (secondary N) is 1. The second-order valence-corrected chi connectivity index (χ2v) is 4.57. The maximum atomic E-state index is 5.80. The Morgan fingerprint density at radius 2 is 1.95 bits per heavy atom. The Labute approximate surface area is 112 Å². The number of hydrogen-bond donors (Lipinski definition) is 1. The van der Waals surface area contributed by atoms with E-state index >= 15 is 0 Å². The van der Waals surface area contributed by atoms with Crippen molar-refractivity contribution < 1.29 is 4.74 Å². The number of hydrogen-bond acceptors (Lipinski definition) is 5. The van der Waals surface area contributed by atoms with E-state index in [-0.39, 0.29) is 0 Å². The van der Waals surface area contributed by atoms with Gasteiger partial charge in [0.15, 0.2) is 6.61 Å². The van der Waals surface area contributed by atoms with E-state index in [9.17, 15) is 0 Å². The van der Waals surface area contributed by atoms with Crippen LogP contribution in [0, 0.1) is 13.8 Å². The minimum absolute atomic E-state index is 0.334. The molecule has 0 saturated heterocycles. The molecule has 6 heteroatoms. The van der Waals surface area contributed by atoms with Gasteiger partial charge in [-0.25, -0.2) is 0 Å². The molecule has 1 aromatic carbocycles. The quantitative estimate of drug-likeness (QED) is 0.874. The zero-order valence-electron chi connectivity index (χ0n) is 11.8. The highest BCUT2D eigenvalue weighted by atomic mass is 16.5. The number of aryl methyl sites for hydroxylation is 3. The number of nitrogens with zero attached hydrogens (tertiary/aromatic N) is 4. The van der Waals surface area contributed by atoms with E-state index in [0.29, 0.717) is 12.4 Å². The van der Waals surface area contributed by atoms with Crippen LogP contribution in [0.1, 0.15) is 22.5 Å². The molecule has 0 atom stereocenters. The number of tetrazole rings is 1. The number of ether oxygens (including phenoxy) is 1. The molecule has 1 aromatic heterocycles. The molecule has 0 radical (unpaired) electrons. The highest BCUT2D eigenvalue weighted by Crippen LogP contribution is 2.25. The minimum Gasteiger partial charge on any atom is -0.485 e. The molecule has 0 saturated carbocycles. The molecule has 0 aliphatic carbocycles. The standard InChI is InChI=1S/C13H19N5O/c1-9-5-11(7-14-3)6-10(2)13(9)19-8-12-15-17-18(4)16-12/h5-6,14H,7-8H2,1-4H3. The largest absolute Gasteiger partial charge is 0.485 e. The van der Waals surface area contributed by atoms with Crippen molar-refractivity contribution in [2.45, 2.75) is 27.0 Å². The van der Waals surface area contributed by atoms with Gasteiger partial charge in [0.05, 0.1) is 7.05 Å². The van der Waals surface area contributed by atoms with Crippen LogP contribution < -0.4 is 10.1 Å². The summed E-state index contributed by atoms with van der Waals surface area (Å²) < 4.78 is 5.80. The van der Waals surface area contributed by atoms with Crippen molar-refractivity contribution in [2.75, 3.05) is 7.05 Å². The molecule has 0 fully saturated rings. The highest BCUT2D eigenvalue weighted by molar-refractivity contribution is 5.43. The lowest BCUT2D eigenvalue weighted by atomic mass is 10.1. The van der Waals surface area contributed by atoms with Crippen LogP contribution in [0.5, 0.6) is 5.75 Å². The smallest absolute Gasteiger partial charge is 0.212 e. The highest BCUT2D eigenvalue weighted by Gasteiger charge is 2.08. The van der Waals surface area contributed by atoms with Crippen LogP contribution in [0.25, 0.3) is 0 Å². The second-order valence-electron chi connectivity index (χ2n) is 4.57. The Hall–Kier alpha value is -1.95. The Balaban J connectivity index is 2.11. The van der Waals surface area contributed by atoms with Gasteiger partial charge in [-0.2, -0.15) is 4.80 Å². The lowest BCUT2D eigenvalue weighted by Gasteiger charge is -2.13. The van der Waals surface area contributed by atoms with Crippen LogP contribution >= 0.6 is 0 Å². The maximum Gasteiger partial charge on any atom is 0.212 e. The predicted octanol–water partition coefficient (Wildman–Crippen LogP) is 1.13. The minimum atomic E-state index is 0.334. The molecule has 1 heterocycles. The molecule has 2 aromatic rings. The summed E-state index contributed by atoms with van der Waals surface area (Å²) in [5.41, 5.74) is 3.49. The molecule has 1 N–H and O–H groups in total. The first kappa shape index (κ1) is 13.5. The van der Waals surface area contributed by atoms with E-state index < -0.39 is 0 Å². The third-order valence-corrected chi connectivity index (χ3v) is 2.80. The van der Waals surface area contributed by atoms with Gasteiger partial charge in [0.1, 0.15) is 5.75 Å². The normalized spacial score (nSPS) is 10.7. The van der Waals surface area contributed by atoms with E-state index in [1.807, 2.05) is 20.9 Å². The third kappa shape index (κ3) is 3.29. The lowest BCUT2D eigenvalue weighted by Crippen LogP contribution is -2.07. The molecule has 2 rings (SSSR count). The monoisotopic (exact) mass is 261 g/mol. The fraction of sp³-hybridized carbons (Fsp3) is 0.462. The molecule has 0 bridgehead atoms. The Kier molecular flexibility index (Phi) is 4.11. The van der Waals surface area contributed by atoms with E-state index in [1.54, 1.807) is 7.05 Å². The summed E-state index contributed by atoms with van der Waals surface area (Å²) in [6.07, 6.45) is 0.